The molecular weight excluding hydrogens is 1010 g/mol. The summed E-state index contributed by atoms with van der Waals surface area (Å²) in [6, 6.07) is 113. The molecule has 0 N–H and O–H groups in total. The van der Waals surface area contributed by atoms with Crippen LogP contribution in [-0.4, -0.2) is 0 Å². The normalized spacial score (nSPS) is 13.7. The summed E-state index contributed by atoms with van der Waals surface area (Å²) in [5.41, 5.74) is 26.2. The number of anilines is 3. The third kappa shape index (κ3) is 6.98. The first-order valence-electron chi connectivity index (χ1n) is 28.6. The highest BCUT2D eigenvalue weighted by Gasteiger charge is 2.52. The molecule has 3 heteroatoms. The van der Waals surface area contributed by atoms with E-state index in [1.54, 1.807) is 0 Å². The molecule has 17 rings (SSSR count). The van der Waals surface area contributed by atoms with Crippen LogP contribution in [0.3, 0.4) is 0 Å². The van der Waals surface area contributed by atoms with Gasteiger partial charge in [0.15, 0.2) is 0 Å². The van der Waals surface area contributed by atoms with Gasteiger partial charge in [-0.1, -0.05) is 237 Å². The van der Waals surface area contributed by atoms with Gasteiger partial charge in [-0.05, 0) is 162 Å². The smallest absolute Gasteiger partial charge is 0.132 e. The van der Waals surface area contributed by atoms with Gasteiger partial charge in [0.05, 0.1) is 10.8 Å². The van der Waals surface area contributed by atoms with Crippen LogP contribution in [0, 0.1) is 0 Å². The van der Waals surface area contributed by atoms with Gasteiger partial charge in [-0.2, -0.15) is 0 Å². The molecule has 83 heavy (non-hydrogen) atoms. The minimum absolute atomic E-state index is 0.510. The Morgan fingerprint density at radius 1 is 0.193 bits per heavy atom. The summed E-state index contributed by atoms with van der Waals surface area (Å²) in [6.07, 6.45) is 0. The fraction of sp³-hybridized carbons (Fsp3) is 0.0250. The molecule has 2 spiro atoms. The molecule has 2 aliphatic carbocycles. The highest BCUT2D eigenvalue weighted by atomic mass is 16.5. The maximum absolute atomic E-state index is 6.69. The summed E-state index contributed by atoms with van der Waals surface area (Å²) in [7, 11) is 0. The first-order chi connectivity index (χ1) is 41.1. The van der Waals surface area contributed by atoms with Crippen molar-refractivity contribution in [3.63, 3.8) is 0 Å². The highest BCUT2D eigenvalue weighted by molar-refractivity contribution is 5.93. The molecule has 0 amide bonds. The van der Waals surface area contributed by atoms with Crippen molar-refractivity contribution < 1.29 is 9.47 Å². The molecule has 0 fully saturated rings. The molecule has 0 unspecified atom stereocenters. The maximum Gasteiger partial charge on any atom is 0.132 e. The van der Waals surface area contributed by atoms with Gasteiger partial charge in [-0.15, -0.1) is 0 Å². The van der Waals surface area contributed by atoms with Crippen molar-refractivity contribution in [1.29, 1.82) is 0 Å². The van der Waals surface area contributed by atoms with Crippen molar-refractivity contribution in [1.82, 2.24) is 0 Å². The molecule has 2 heterocycles. The first kappa shape index (κ1) is 47.1. The van der Waals surface area contributed by atoms with Crippen molar-refractivity contribution in [2.75, 3.05) is 4.90 Å². The van der Waals surface area contributed by atoms with Crippen LogP contribution < -0.4 is 14.4 Å². The fourth-order valence-corrected chi connectivity index (χ4v) is 14.4. The standard InChI is InChI=1S/C80H51NO2/c1-2-17-52(18-3-1)53-33-35-54(36-34-53)55-37-43-60(44-38-55)81(61-45-39-56(40-46-61)58-42-48-69-66(50-58)64-22-5-7-24-68(64)79(69)70-25-8-12-29-75(70)82-76-30-13-9-26-71(76)79)62-20-16-19-57(49-62)59-41-47-65-63-21-4-6-23-67(63)80(74(65)51-59)72-27-10-14-31-77(72)83-78-32-15-11-28-73(78)80/h1-51H. The second kappa shape index (κ2) is 18.4. The van der Waals surface area contributed by atoms with E-state index < -0.39 is 10.8 Å². The van der Waals surface area contributed by atoms with Gasteiger partial charge in [-0.3, -0.25) is 0 Å². The lowest BCUT2D eigenvalue weighted by atomic mass is 9.66. The van der Waals surface area contributed by atoms with Crippen LogP contribution in [0.15, 0.2) is 309 Å². The van der Waals surface area contributed by atoms with Gasteiger partial charge in [-0.25, -0.2) is 0 Å². The summed E-state index contributed by atoms with van der Waals surface area (Å²) in [5.74, 6) is 3.57. The molecule has 13 aromatic carbocycles. The second-order valence-corrected chi connectivity index (χ2v) is 22.2. The van der Waals surface area contributed by atoms with Gasteiger partial charge in [0.1, 0.15) is 23.0 Å². The summed E-state index contributed by atoms with van der Waals surface area (Å²) in [4.78, 5) is 2.40. The van der Waals surface area contributed by atoms with Crippen molar-refractivity contribution in [2.45, 2.75) is 10.8 Å². The molecule has 4 aliphatic rings. The zero-order valence-corrected chi connectivity index (χ0v) is 45.2. The average Bonchev–Trinajstić information content (AvgIpc) is 1.66. The predicted molar refractivity (Wildman–Crippen MR) is 338 cm³/mol. The Morgan fingerprint density at radius 2 is 0.530 bits per heavy atom. The van der Waals surface area contributed by atoms with Crippen LogP contribution >= 0.6 is 0 Å². The van der Waals surface area contributed by atoms with E-state index in [4.69, 9.17) is 9.47 Å². The van der Waals surface area contributed by atoms with Crippen LogP contribution in [0.4, 0.5) is 17.1 Å². The molecule has 0 saturated carbocycles. The Hall–Kier alpha value is -10.7. The van der Waals surface area contributed by atoms with Gasteiger partial charge >= 0.3 is 0 Å². The van der Waals surface area contributed by atoms with Crippen molar-refractivity contribution >= 4 is 17.1 Å². The molecule has 0 atom stereocenters. The minimum Gasteiger partial charge on any atom is -0.457 e. The van der Waals surface area contributed by atoms with E-state index in [0.29, 0.717) is 0 Å². The Balaban J connectivity index is 0.779. The number of hydrogen-bond acceptors (Lipinski definition) is 3. The summed E-state index contributed by atoms with van der Waals surface area (Å²) in [5, 5.41) is 0. The molecule has 0 aromatic heterocycles. The number of ether oxygens (including phenoxy) is 2. The lowest BCUT2D eigenvalue weighted by Gasteiger charge is -2.39. The van der Waals surface area contributed by atoms with Crippen molar-refractivity contribution in [3.8, 4) is 89.8 Å². The summed E-state index contributed by atoms with van der Waals surface area (Å²) in [6.45, 7) is 0. The Kier molecular flexibility index (Phi) is 10.4. The lowest BCUT2D eigenvalue weighted by molar-refractivity contribution is 0.436. The van der Waals surface area contributed by atoms with Crippen LogP contribution in [-0.2, 0) is 10.8 Å². The zero-order chi connectivity index (χ0) is 54.6. The van der Waals surface area contributed by atoms with Gasteiger partial charge in [0.25, 0.3) is 0 Å². The number of rotatable bonds is 7. The SMILES string of the molecule is c1ccc(-c2ccc(-c3ccc(N(c4ccc(-c5ccc6c(c5)-c5ccccc5C65c6ccccc6Oc6ccccc65)cc4)c4cccc(-c5ccc6c(c5)C5(c7ccccc7Oc7ccccc75)c5ccccc5-6)c4)cc3)cc2)cc1. The summed E-state index contributed by atoms with van der Waals surface area (Å²) >= 11 is 0. The van der Waals surface area contributed by atoms with E-state index in [2.05, 4.69) is 314 Å². The monoisotopic (exact) mass is 1060 g/mol. The number of para-hydroxylation sites is 4. The van der Waals surface area contributed by atoms with Crippen LogP contribution in [0.5, 0.6) is 23.0 Å². The van der Waals surface area contributed by atoms with Crippen LogP contribution in [0.25, 0.3) is 66.8 Å². The molecule has 2 aliphatic heterocycles. The molecular formula is C80H51NO2. The minimum atomic E-state index is -0.562. The van der Waals surface area contributed by atoms with E-state index in [1.807, 2.05) is 0 Å². The molecule has 0 radical (unpaired) electrons. The molecule has 388 valence electrons. The largest absolute Gasteiger partial charge is 0.457 e. The molecule has 0 saturated heterocycles. The second-order valence-electron chi connectivity index (χ2n) is 22.2. The number of hydrogen-bond donors (Lipinski definition) is 0. The van der Waals surface area contributed by atoms with E-state index in [-0.39, 0.29) is 0 Å². The van der Waals surface area contributed by atoms with E-state index in [0.717, 1.165) is 73.4 Å². The Morgan fingerprint density at radius 3 is 1.06 bits per heavy atom. The van der Waals surface area contributed by atoms with Gasteiger partial charge < -0.3 is 14.4 Å². The van der Waals surface area contributed by atoms with Crippen molar-refractivity contribution in [3.05, 3.63) is 354 Å². The highest BCUT2D eigenvalue weighted by Crippen LogP contribution is 2.64. The van der Waals surface area contributed by atoms with Crippen LogP contribution in [0.2, 0.25) is 0 Å². The molecule has 13 aromatic rings. The third-order valence-electron chi connectivity index (χ3n) is 18.0. The van der Waals surface area contributed by atoms with Gasteiger partial charge in [0.2, 0.25) is 0 Å². The molecule has 3 nitrogen and oxygen atoms in total. The molecule has 0 bridgehead atoms. The van der Waals surface area contributed by atoms with E-state index in [9.17, 15) is 0 Å². The van der Waals surface area contributed by atoms with Gasteiger partial charge in [0, 0.05) is 39.3 Å². The summed E-state index contributed by atoms with van der Waals surface area (Å²) < 4.78 is 13.3. The third-order valence-corrected chi connectivity index (χ3v) is 18.0. The number of fused-ring (bicyclic) bond motifs is 18. The Bertz CT molecular complexity index is 4640. The maximum atomic E-state index is 6.69. The van der Waals surface area contributed by atoms with Crippen LogP contribution in [0.1, 0.15) is 44.5 Å². The Labute approximate surface area is 483 Å². The number of nitrogens with zero attached hydrogens (tertiary/aromatic N) is 1. The van der Waals surface area contributed by atoms with E-state index in [1.165, 1.54) is 77.9 Å². The zero-order valence-electron chi connectivity index (χ0n) is 45.2. The first-order valence-corrected chi connectivity index (χ1v) is 28.6. The van der Waals surface area contributed by atoms with E-state index >= 15 is 0 Å². The average molecular weight is 1060 g/mol. The lowest BCUT2D eigenvalue weighted by Crippen LogP contribution is -2.32. The fourth-order valence-electron chi connectivity index (χ4n) is 14.4. The topological polar surface area (TPSA) is 21.7 Å². The predicted octanol–water partition coefficient (Wildman–Crippen LogP) is 20.8. The van der Waals surface area contributed by atoms with Crippen molar-refractivity contribution in [2.24, 2.45) is 0 Å². The quantitative estimate of drug-likeness (QED) is 0.159. The number of benzene rings is 13.